The molecule has 0 radical (unpaired) electrons. The third-order valence-electron chi connectivity index (χ3n) is 7.48. The van der Waals surface area contributed by atoms with Gasteiger partial charge in [0.05, 0.1) is 21.7 Å². The molecule has 1 aromatic carbocycles. The zero-order valence-electron chi connectivity index (χ0n) is 21.6. The number of fused-ring (bicyclic) bond motifs is 2. The van der Waals surface area contributed by atoms with E-state index < -0.39 is 5.91 Å². The van der Waals surface area contributed by atoms with Gasteiger partial charge in [-0.3, -0.25) is 9.59 Å². The van der Waals surface area contributed by atoms with Crippen LogP contribution in [-0.4, -0.2) is 48.2 Å². The Hall–Kier alpha value is -2.56. The Labute approximate surface area is 224 Å². The number of hydrogen-bond donors (Lipinski definition) is 2. The summed E-state index contributed by atoms with van der Waals surface area (Å²) in [4.78, 5) is 28.8. The number of likely N-dealkylation sites (tertiary alicyclic amines) is 1. The van der Waals surface area contributed by atoms with Crippen molar-refractivity contribution in [1.82, 2.24) is 14.8 Å². The number of thiophene rings is 2. The van der Waals surface area contributed by atoms with Crippen molar-refractivity contribution in [2.75, 3.05) is 26.7 Å². The number of ether oxygens (including phenoxy) is 1. The molecule has 1 amide bonds. The van der Waals surface area contributed by atoms with Crippen LogP contribution < -0.4 is 16.6 Å². The molecule has 3 aromatic heterocycles. The average Bonchev–Trinajstić information content (AvgIpc) is 3.41. The fourth-order valence-corrected chi connectivity index (χ4v) is 7.92. The number of nitrogens with two attached hydrogens (primary N) is 1. The SMILES string of the molecule is COCc1ccc2c(C(N)=O)cc(=O)n(CCN3CCC(NCc4sc5scc(C)c5c4C)CC3)c2c1. The average molecular weight is 539 g/mol. The molecule has 1 aliphatic heterocycles. The summed E-state index contributed by atoms with van der Waals surface area (Å²) in [6.07, 6.45) is 2.18. The summed E-state index contributed by atoms with van der Waals surface area (Å²) in [7, 11) is 1.64. The first-order chi connectivity index (χ1) is 17.9. The number of aromatic nitrogens is 1. The topological polar surface area (TPSA) is 89.6 Å². The van der Waals surface area contributed by atoms with Gasteiger partial charge < -0.3 is 25.3 Å². The number of nitrogens with one attached hydrogen (secondary N) is 1. The lowest BCUT2D eigenvalue weighted by Gasteiger charge is -2.32. The monoisotopic (exact) mass is 538 g/mol. The number of benzene rings is 1. The van der Waals surface area contributed by atoms with Crippen molar-refractivity contribution >= 4 is 48.9 Å². The Kier molecular flexibility index (Phi) is 7.78. The molecule has 9 heteroatoms. The fourth-order valence-electron chi connectivity index (χ4n) is 5.40. The molecule has 3 N–H and O–H groups in total. The van der Waals surface area contributed by atoms with Crippen LogP contribution in [0.1, 0.15) is 44.8 Å². The van der Waals surface area contributed by atoms with E-state index in [0.29, 0.717) is 24.6 Å². The summed E-state index contributed by atoms with van der Waals surface area (Å²) in [6.45, 7) is 9.16. The number of hydrogen-bond acceptors (Lipinski definition) is 7. The quantitative estimate of drug-likeness (QED) is 0.330. The number of nitrogens with zero attached hydrogens (tertiary/aromatic N) is 2. The number of carbonyl (C=O) groups excluding carboxylic acids is 1. The molecule has 0 spiro atoms. The van der Waals surface area contributed by atoms with E-state index >= 15 is 0 Å². The van der Waals surface area contributed by atoms with E-state index in [4.69, 9.17) is 10.5 Å². The van der Waals surface area contributed by atoms with Crippen molar-refractivity contribution in [3.05, 3.63) is 67.1 Å². The number of methoxy groups -OCH3 is 1. The maximum absolute atomic E-state index is 13.0. The summed E-state index contributed by atoms with van der Waals surface area (Å²) in [6, 6.07) is 7.58. The second kappa shape index (κ2) is 11.0. The highest BCUT2D eigenvalue weighted by molar-refractivity contribution is 7.37. The van der Waals surface area contributed by atoms with Crippen molar-refractivity contribution in [2.45, 2.75) is 52.4 Å². The highest BCUT2D eigenvalue weighted by Crippen LogP contribution is 2.37. The fraction of sp³-hybridized carbons (Fsp3) is 0.429. The molecule has 0 aliphatic carbocycles. The molecule has 37 heavy (non-hydrogen) atoms. The molecule has 0 bridgehead atoms. The number of aryl methyl sites for hydroxylation is 2. The Morgan fingerprint density at radius 3 is 2.68 bits per heavy atom. The lowest BCUT2D eigenvalue weighted by atomic mass is 10.0. The minimum Gasteiger partial charge on any atom is -0.380 e. The molecule has 196 valence electrons. The Balaban J connectivity index is 1.21. The first-order valence-electron chi connectivity index (χ1n) is 12.7. The number of piperidine rings is 1. The van der Waals surface area contributed by atoms with Crippen LogP contribution in [-0.2, 0) is 24.4 Å². The Bertz CT molecular complexity index is 1490. The van der Waals surface area contributed by atoms with Gasteiger partial charge in [-0.15, -0.1) is 22.7 Å². The van der Waals surface area contributed by atoms with Crippen LogP contribution in [0.25, 0.3) is 20.3 Å². The van der Waals surface area contributed by atoms with E-state index in [1.165, 1.54) is 31.5 Å². The smallest absolute Gasteiger partial charge is 0.251 e. The minimum absolute atomic E-state index is 0.200. The Morgan fingerprint density at radius 2 is 1.97 bits per heavy atom. The van der Waals surface area contributed by atoms with Gasteiger partial charge in [-0.05, 0) is 67.9 Å². The highest BCUT2D eigenvalue weighted by atomic mass is 32.2. The predicted octanol–water partition coefficient (Wildman–Crippen LogP) is 4.39. The molecule has 4 heterocycles. The maximum atomic E-state index is 13.0. The zero-order valence-corrected chi connectivity index (χ0v) is 23.3. The minimum atomic E-state index is -0.587. The van der Waals surface area contributed by atoms with E-state index in [1.54, 1.807) is 11.7 Å². The molecule has 1 saturated heterocycles. The van der Waals surface area contributed by atoms with Gasteiger partial charge in [0, 0.05) is 54.5 Å². The normalized spacial score (nSPS) is 15.2. The molecule has 0 atom stereocenters. The van der Waals surface area contributed by atoms with Gasteiger partial charge >= 0.3 is 0 Å². The van der Waals surface area contributed by atoms with Crippen LogP contribution in [0.5, 0.6) is 0 Å². The molecule has 0 saturated carbocycles. The van der Waals surface area contributed by atoms with Crippen molar-refractivity contribution in [3.63, 3.8) is 0 Å². The molecule has 5 rings (SSSR count). The van der Waals surface area contributed by atoms with Crippen LogP contribution in [0.4, 0.5) is 0 Å². The number of rotatable bonds is 9. The lowest BCUT2D eigenvalue weighted by Crippen LogP contribution is -2.43. The van der Waals surface area contributed by atoms with E-state index in [9.17, 15) is 9.59 Å². The van der Waals surface area contributed by atoms with Gasteiger partial charge in [0.2, 0.25) is 5.91 Å². The third-order valence-corrected chi connectivity index (χ3v) is 10.00. The van der Waals surface area contributed by atoms with Crippen molar-refractivity contribution in [3.8, 4) is 0 Å². The molecular weight excluding hydrogens is 504 g/mol. The van der Waals surface area contributed by atoms with Gasteiger partial charge in [0.1, 0.15) is 0 Å². The third kappa shape index (κ3) is 5.37. The zero-order chi connectivity index (χ0) is 26.1. The van der Waals surface area contributed by atoms with Crippen molar-refractivity contribution in [1.29, 1.82) is 0 Å². The molecule has 1 fully saturated rings. The van der Waals surface area contributed by atoms with Crippen LogP contribution in [0, 0.1) is 13.8 Å². The van der Waals surface area contributed by atoms with Gasteiger partial charge in [-0.1, -0.05) is 12.1 Å². The maximum Gasteiger partial charge on any atom is 0.251 e. The second-order valence-corrected chi connectivity index (χ2v) is 12.2. The molecule has 0 unspecified atom stereocenters. The van der Waals surface area contributed by atoms with E-state index in [0.717, 1.165) is 50.1 Å². The number of amides is 1. The van der Waals surface area contributed by atoms with Crippen molar-refractivity contribution < 1.29 is 9.53 Å². The van der Waals surface area contributed by atoms with E-state index in [1.807, 2.05) is 40.9 Å². The summed E-state index contributed by atoms with van der Waals surface area (Å²) >= 11 is 3.78. The Morgan fingerprint density at radius 1 is 1.19 bits per heavy atom. The highest BCUT2D eigenvalue weighted by Gasteiger charge is 2.21. The van der Waals surface area contributed by atoms with Gasteiger partial charge in [-0.25, -0.2) is 0 Å². The molecular formula is C28H34N4O3S2. The predicted molar refractivity (Wildman–Crippen MR) is 153 cm³/mol. The second-order valence-electron chi connectivity index (χ2n) is 9.92. The molecule has 1 aliphatic rings. The molecule has 7 nitrogen and oxygen atoms in total. The number of pyridine rings is 1. The summed E-state index contributed by atoms with van der Waals surface area (Å²) in [5.41, 5.74) is 10.1. The first-order valence-corrected chi connectivity index (χ1v) is 14.4. The summed E-state index contributed by atoms with van der Waals surface area (Å²) < 4.78 is 8.46. The summed E-state index contributed by atoms with van der Waals surface area (Å²) in [5, 5.41) is 8.19. The van der Waals surface area contributed by atoms with Crippen LogP contribution in [0.2, 0.25) is 0 Å². The lowest BCUT2D eigenvalue weighted by molar-refractivity contribution is 0.100. The largest absolute Gasteiger partial charge is 0.380 e. The van der Waals surface area contributed by atoms with E-state index in [2.05, 4.69) is 29.4 Å². The number of carbonyl (C=O) groups is 1. The summed E-state index contributed by atoms with van der Waals surface area (Å²) in [5.74, 6) is -0.587. The first kappa shape index (κ1) is 26.1. The van der Waals surface area contributed by atoms with E-state index in [-0.39, 0.29) is 11.1 Å². The number of primary amides is 1. The van der Waals surface area contributed by atoms with Gasteiger partial charge in [-0.2, -0.15) is 0 Å². The van der Waals surface area contributed by atoms with Crippen LogP contribution in [0.3, 0.4) is 0 Å². The van der Waals surface area contributed by atoms with Crippen LogP contribution >= 0.6 is 22.7 Å². The van der Waals surface area contributed by atoms with Crippen LogP contribution in [0.15, 0.2) is 34.4 Å². The standard InChI is InChI=1S/C28H34N4O3S2/c1-17-16-36-28-26(17)18(2)24(37-28)14-30-20-6-8-31(9-7-20)10-11-32-23-12-19(15-35-3)4-5-21(23)22(27(29)34)13-25(32)33/h4-5,12-13,16,20,30H,6-11,14-15H2,1-3H3,(H2,29,34). The van der Waals surface area contributed by atoms with Gasteiger partial charge in [0.25, 0.3) is 5.56 Å². The van der Waals surface area contributed by atoms with Gasteiger partial charge in [0.15, 0.2) is 0 Å². The van der Waals surface area contributed by atoms with Crippen molar-refractivity contribution in [2.24, 2.45) is 5.73 Å². The molecule has 4 aromatic rings.